The third-order valence-corrected chi connectivity index (χ3v) is 3.77. The number of imidazole rings is 1. The number of halogens is 1. The van der Waals surface area contributed by atoms with E-state index in [0.29, 0.717) is 5.95 Å². The molecule has 0 aliphatic carbocycles. The Balaban J connectivity index is 0.00000161. The van der Waals surface area contributed by atoms with Crippen LogP contribution in [-0.4, -0.2) is 25.0 Å². The summed E-state index contributed by atoms with van der Waals surface area (Å²) in [5, 5.41) is 12.6. The molecule has 8 heteroatoms. The highest BCUT2D eigenvalue weighted by molar-refractivity contribution is 7.07. The zero-order valence-corrected chi connectivity index (χ0v) is 13.0. The molecule has 21 heavy (non-hydrogen) atoms. The maximum Gasteiger partial charge on any atom is 0.197 e. The van der Waals surface area contributed by atoms with E-state index in [1.165, 1.54) is 5.56 Å². The largest absolute Gasteiger partial charge is 0.369 e. The minimum atomic E-state index is 0. The Morgan fingerprint density at radius 2 is 2.24 bits per heavy atom. The summed E-state index contributed by atoms with van der Waals surface area (Å²) in [6.45, 7) is 0.785. The summed E-state index contributed by atoms with van der Waals surface area (Å²) in [6.07, 6.45) is 6.62. The van der Waals surface area contributed by atoms with Crippen LogP contribution >= 0.6 is 23.7 Å². The molecule has 3 aromatic rings. The lowest BCUT2D eigenvalue weighted by atomic mass is 10.2. The van der Waals surface area contributed by atoms with Gasteiger partial charge in [0, 0.05) is 11.9 Å². The first kappa shape index (κ1) is 15.5. The molecule has 0 bridgehead atoms. The number of H-pyrrole nitrogens is 1. The summed E-state index contributed by atoms with van der Waals surface area (Å²) in [6, 6.07) is 2.11. The molecule has 112 valence electrons. The molecule has 0 radical (unpaired) electrons. The highest BCUT2D eigenvalue weighted by Crippen LogP contribution is 2.09. The van der Waals surface area contributed by atoms with Gasteiger partial charge < -0.3 is 10.7 Å². The quantitative estimate of drug-likeness (QED) is 0.728. The average molecular weight is 325 g/mol. The van der Waals surface area contributed by atoms with Crippen molar-refractivity contribution in [1.82, 2.24) is 25.0 Å². The van der Waals surface area contributed by atoms with Crippen molar-refractivity contribution in [2.75, 3.05) is 5.73 Å². The number of aromatic nitrogens is 5. The highest BCUT2D eigenvalue weighted by Gasteiger charge is 2.03. The van der Waals surface area contributed by atoms with Crippen LogP contribution < -0.4 is 5.73 Å². The zero-order valence-electron chi connectivity index (χ0n) is 11.4. The Kier molecular flexibility index (Phi) is 5.35. The Hall–Kier alpha value is -1.86. The van der Waals surface area contributed by atoms with Gasteiger partial charge in [0.15, 0.2) is 5.95 Å². The number of aryl methyl sites for hydroxylation is 2. The van der Waals surface area contributed by atoms with Crippen LogP contribution in [0.4, 0.5) is 5.95 Å². The van der Waals surface area contributed by atoms with Crippen molar-refractivity contribution >= 4 is 29.7 Å². The summed E-state index contributed by atoms with van der Waals surface area (Å²) in [5.74, 6) is 0.474. The molecule has 3 aromatic heterocycles. The first-order valence-electron chi connectivity index (χ1n) is 6.49. The lowest BCUT2D eigenvalue weighted by Gasteiger charge is -1.96. The molecule has 0 aromatic carbocycles. The molecule has 3 rings (SSSR count). The van der Waals surface area contributed by atoms with E-state index in [-0.39, 0.29) is 12.4 Å². The summed E-state index contributed by atoms with van der Waals surface area (Å²) < 4.78 is 1.88. The molecule has 0 fully saturated rings. The van der Waals surface area contributed by atoms with Crippen LogP contribution in [0.1, 0.15) is 23.4 Å². The van der Waals surface area contributed by atoms with Gasteiger partial charge in [-0.25, -0.2) is 9.67 Å². The van der Waals surface area contributed by atoms with Crippen LogP contribution in [0.15, 0.2) is 29.2 Å². The number of nitrogen functional groups attached to an aromatic ring is 1. The van der Waals surface area contributed by atoms with Crippen molar-refractivity contribution < 1.29 is 0 Å². The predicted molar refractivity (Wildman–Crippen MR) is 85.7 cm³/mol. The van der Waals surface area contributed by atoms with Crippen LogP contribution in [0.2, 0.25) is 0 Å². The number of anilines is 1. The van der Waals surface area contributed by atoms with Gasteiger partial charge in [0.1, 0.15) is 0 Å². The van der Waals surface area contributed by atoms with Gasteiger partial charge >= 0.3 is 0 Å². The van der Waals surface area contributed by atoms with Crippen molar-refractivity contribution in [3.8, 4) is 0 Å². The topological polar surface area (TPSA) is 85.4 Å². The second-order valence-corrected chi connectivity index (χ2v) is 5.47. The number of nitrogens with zero attached hydrogens (tertiary/aromatic N) is 4. The van der Waals surface area contributed by atoms with Crippen LogP contribution in [0.5, 0.6) is 0 Å². The summed E-state index contributed by atoms with van der Waals surface area (Å²) in [5.41, 5.74) is 8.89. The van der Waals surface area contributed by atoms with Crippen molar-refractivity contribution in [2.24, 2.45) is 0 Å². The monoisotopic (exact) mass is 324 g/mol. The molecule has 0 aliphatic rings. The zero-order chi connectivity index (χ0) is 13.8. The standard InChI is InChI=1S/C13H16N6S.ClH/c14-13-15-6-11(16-13)2-1-3-12-8-19(18-17-12)7-10-4-5-20-9-10;/h4-6,8-9H,1-3,7H2,(H3,14,15,16);1H. The molecule has 0 saturated heterocycles. The van der Waals surface area contributed by atoms with Gasteiger partial charge in [-0.15, -0.1) is 17.5 Å². The average Bonchev–Trinajstić information content (AvgIpc) is 3.14. The molecular weight excluding hydrogens is 308 g/mol. The molecule has 0 unspecified atom stereocenters. The molecule has 0 amide bonds. The molecule has 0 spiro atoms. The third-order valence-electron chi connectivity index (χ3n) is 3.04. The lowest BCUT2D eigenvalue weighted by Crippen LogP contribution is -1.98. The van der Waals surface area contributed by atoms with E-state index in [9.17, 15) is 0 Å². The fourth-order valence-corrected chi connectivity index (χ4v) is 2.72. The van der Waals surface area contributed by atoms with E-state index >= 15 is 0 Å². The van der Waals surface area contributed by atoms with Crippen LogP contribution in [-0.2, 0) is 19.4 Å². The first-order chi connectivity index (χ1) is 9.79. The van der Waals surface area contributed by atoms with Crippen LogP contribution in [0.25, 0.3) is 0 Å². The van der Waals surface area contributed by atoms with E-state index in [1.807, 2.05) is 10.9 Å². The van der Waals surface area contributed by atoms with Crippen molar-refractivity contribution in [3.63, 3.8) is 0 Å². The predicted octanol–water partition coefficient (Wildman–Crippen LogP) is 2.29. The van der Waals surface area contributed by atoms with Gasteiger partial charge in [0.2, 0.25) is 0 Å². The van der Waals surface area contributed by atoms with Crippen molar-refractivity contribution in [1.29, 1.82) is 0 Å². The van der Waals surface area contributed by atoms with E-state index in [1.54, 1.807) is 17.5 Å². The van der Waals surface area contributed by atoms with Gasteiger partial charge in [0.05, 0.1) is 18.4 Å². The Morgan fingerprint density at radius 3 is 2.95 bits per heavy atom. The Bertz CT molecular complexity index is 660. The summed E-state index contributed by atoms with van der Waals surface area (Å²) in [4.78, 5) is 7.00. The minimum Gasteiger partial charge on any atom is -0.369 e. The van der Waals surface area contributed by atoms with Gasteiger partial charge in [0.25, 0.3) is 0 Å². The van der Waals surface area contributed by atoms with Gasteiger partial charge in [-0.2, -0.15) is 11.3 Å². The van der Waals surface area contributed by atoms with E-state index < -0.39 is 0 Å². The fourth-order valence-electron chi connectivity index (χ4n) is 2.06. The molecule has 0 atom stereocenters. The number of thiophene rings is 1. The third kappa shape index (κ3) is 4.30. The van der Waals surface area contributed by atoms with Gasteiger partial charge in [-0.3, -0.25) is 0 Å². The second-order valence-electron chi connectivity index (χ2n) is 4.69. The number of nitrogens with one attached hydrogen (secondary N) is 1. The molecule has 3 heterocycles. The van der Waals surface area contributed by atoms with E-state index in [0.717, 1.165) is 37.2 Å². The van der Waals surface area contributed by atoms with Gasteiger partial charge in [-0.05, 0) is 41.7 Å². The SMILES string of the molecule is Cl.Nc1ncc(CCCc2cn(Cc3ccsc3)nn2)[nH]1. The summed E-state index contributed by atoms with van der Waals surface area (Å²) in [7, 11) is 0. The molecular formula is C13H17ClN6S. The number of aromatic amines is 1. The summed E-state index contributed by atoms with van der Waals surface area (Å²) >= 11 is 1.70. The number of hydrogen-bond donors (Lipinski definition) is 2. The second kappa shape index (κ2) is 7.24. The smallest absolute Gasteiger partial charge is 0.197 e. The number of hydrogen-bond acceptors (Lipinski definition) is 5. The Morgan fingerprint density at radius 1 is 1.33 bits per heavy atom. The first-order valence-corrected chi connectivity index (χ1v) is 7.43. The number of rotatable bonds is 6. The minimum absolute atomic E-state index is 0. The number of nitrogens with two attached hydrogens (primary N) is 1. The lowest BCUT2D eigenvalue weighted by molar-refractivity contribution is 0.650. The fraction of sp³-hybridized carbons (Fsp3) is 0.308. The van der Waals surface area contributed by atoms with Crippen molar-refractivity contribution in [2.45, 2.75) is 25.8 Å². The molecule has 0 saturated carbocycles. The Labute approximate surface area is 132 Å². The van der Waals surface area contributed by atoms with E-state index in [4.69, 9.17) is 5.73 Å². The normalized spacial score (nSPS) is 10.5. The van der Waals surface area contributed by atoms with E-state index in [2.05, 4.69) is 37.1 Å². The van der Waals surface area contributed by atoms with Crippen molar-refractivity contribution in [3.05, 3.63) is 46.2 Å². The maximum absolute atomic E-state index is 5.54. The maximum atomic E-state index is 5.54. The van der Waals surface area contributed by atoms with Crippen LogP contribution in [0, 0.1) is 0 Å². The molecule has 3 N–H and O–H groups in total. The molecule has 0 aliphatic heterocycles. The van der Waals surface area contributed by atoms with Gasteiger partial charge in [-0.1, -0.05) is 5.21 Å². The molecule has 6 nitrogen and oxygen atoms in total. The van der Waals surface area contributed by atoms with Crippen LogP contribution in [0.3, 0.4) is 0 Å². The highest BCUT2D eigenvalue weighted by atomic mass is 35.5.